The van der Waals surface area contributed by atoms with Gasteiger partial charge in [0.05, 0.1) is 0 Å². The van der Waals surface area contributed by atoms with Gasteiger partial charge in [0.2, 0.25) is 0 Å². The van der Waals surface area contributed by atoms with Crippen LogP contribution in [0, 0.1) is 5.92 Å². The largest absolute Gasteiger partial charge is 0.317 e. The lowest BCUT2D eigenvalue weighted by atomic mass is 9.96. The van der Waals surface area contributed by atoms with E-state index in [0.29, 0.717) is 0 Å². The van der Waals surface area contributed by atoms with Crippen LogP contribution in [-0.4, -0.2) is 23.8 Å². The first-order chi connectivity index (χ1) is 7.45. The number of thioether (sulfide) groups is 1. The fraction of sp³-hybridized carbons (Fsp3) is 0.583. The first kappa shape index (κ1) is 11.0. The van der Waals surface area contributed by atoms with E-state index in [1.54, 1.807) is 0 Å². The van der Waals surface area contributed by atoms with Crippen LogP contribution < -0.4 is 5.32 Å². The highest BCUT2D eigenvalue weighted by molar-refractivity contribution is 7.99. The lowest BCUT2D eigenvalue weighted by Gasteiger charge is -2.22. The Morgan fingerprint density at radius 3 is 2.73 bits per heavy atom. The number of rotatable bonds is 4. The molecule has 0 bridgehead atoms. The van der Waals surface area contributed by atoms with E-state index in [4.69, 9.17) is 0 Å². The second kappa shape index (κ2) is 6.13. The van der Waals surface area contributed by atoms with Gasteiger partial charge in [-0.3, -0.25) is 4.98 Å². The number of hydrogen-bond acceptors (Lipinski definition) is 3. The lowest BCUT2D eigenvalue weighted by molar-refractivity contribution is 0.367. The maximum Gasteiger partial charge on any atom is 0.0278 e. The van der Waals surface area contributed by atoms with Crippen molar-refractivity contribution in [2.75, 3.05) is 18.8 Å². The zero-order valence-corrected chi connectivity index (χ0v) is 9.80. The Bertz CT molecular complexity index is 270. The monoisotopic (exact) mass is 222 g/mol. The Kier molecular flexibility index (Phi) is 4.48. The Balaban J connectivity index is 1.66. The summed E-state index contributed by atoms with van der Waals surface area (Å²) < 4.78 is 0. The average molecular weight is 222 g/mol. The first-order valence-corrected chi connectivity index (χ1v) is 6.67. The van der Waals surface area contributed by atoms with Crippen LogP contribution in [0.2, 0.25) is 0 Å². The van der Waals surface area contributed by atoms with Crippen molar-refractivity contribution in [3.63, 3.8) is 0 Å². The average Bonchev–Trinajstić information content (AvgIpc) is 2.32. The molecule has 15 heavy (non-hydrogen) atoms. The summed E-state index contributed by atoms with van der Waals surface area (Å²) in [6, 6.07) is 4.18. The summed E-state index contributed by atoms with van der Waals surface area (Å²) in [6.45, 7) is 2.43. The van der Waals surface area contributed by atoms with Crippen LogP contribution in [0.15, 0.2) is 29.4 Å². The van der Waals surface area contributed by atoms with Crippen molar-refractivity contribution in [2.24, 2.45) is 5.92 Å². The number of hydrogen-bond donors (Lipinski definition) is 1. The van der Waals surface area contributed by atoms with Crippen molar-refractivity contribution >= 4 is 11.8 Å². The number of pyridine rings is 1. The van der Waals surface area contributed by atoms with E-state index in [2.05, 4.69) is 22.4 Å². The maximum atomic E-state index is 4.02. The molecule has 2 nitrogen and oxygen atoms in total. The second-order valence-electron chi connectivity index (χ2n) is 4.01. The number of nitrogens with zero attached hydrogens (tertiary/aromatic N) is 1. The maximum absolute atomic E-state index is 4.02. The van der Waals surface area contributed by atoms with Crippen LogP contribution in [0.3, 0.4) is 0 Å². The van der Waals surface area contributed by atoms with Crippen molar-refractivity contribution in [1.29, 1.82) is 0 Å². The minimum atomic E-state index is 0.945. The Morgan fingerprint density at radius 1 is 1.27 bits per heavy atom. The molecule has 2 heterocycles. The molecule has 1 fully saturated rings. The predicted molar refractivity (Wildman–Crippen MR) is 65.2 cm³/mol. The second-order valence-corrected chi connectivity index (χ2v) is 5.18. The number of nitrogens with one attached hydrogen (secondary N) is 1. The number of aromatic nitrogens is 1. The summed E-state index contributed by atoms with van der Waals surface area (Å²) in [4.78, 5) is 5.37. The molecule has 0 radical (unpaired) electrons. The lowest BCUT2D eigenvalue weighted by Crippen LogP contribution is -2.27. The smallest absolute Gasteiger partial charge is 0.0278 e. The van der Waals surface area contributed by atoms with Gasteiger partial charge in [0.1, 0.15) is 0 Å². The van der Waals surface area contributed by atoms with Crippen LogP contribution in [0.5, 0.6) is 0 Å². The normalized spacial score (nSPS) is 17.9. The fourth-order valence-electron chi connectivity index (χ4n) is 1.95. The van der Waals surface area contributed by atoms with Gasteiger partial charge < -0.3 is 5.32 Å². The van der Waals surface area contributed by atoms with Gasteiger partial charge in [-0.15, -0.1) is 11.8 Å². The predicted octanol–water partition coefficient (Wildman–Crippen LogP) is 2.56. The molecule has 0 spiro atoms. The number of piperidine rings is 1. The van der Waals surface area contributed by atoms with Crippen molar-refractivity contribution < 1.29 is 0 Å². The third-order valence-electron chi connectivity index (χ3n) is 2.90. The van der Waals surface area contributed by atoms with Gasteiger partial charge >= 0.3 is 0 Å². The summed E-state index contributed by atoms with van der Waals surface area (Å²) in [7, 11) is 0. The Morgan fingerprint density at radius 2 is 2.00 bits per heavy atom. The standard InChI is InChI=1S/C12H18N2S/c1-6-13-7-2-11(1)5-10-15-12-3-8-14-9-4-12/h3-4,8-9,11,13H,1-2,5-7,10H2. The minimum Gasteiger partial charge on any atom is -0.317 e. The van der Waals surface area contributed by atoms with E-state index in [9.17, 15) is 0 Å². The molecule has 1 aromatic rings. The molecule has 1 aliphatic rings. The van der Waals surface area contributed by atoms with Crippen LogP contribution in [0.25, 0.3) is 0 Å². The highest BCUT2D eigenvalue weighted by atomic mass is 32.2. The molecule has 0 amide bonds. The highest BCUT2D eigenvalue weighted by Crippen LogP contribution is 2.23. The molecule has 1 N–H and O–H groups in total. The fourth-order valence-corrected chi connectivity index (χ4v) is 2.95. The summed E-state index contributed by atoms with van der Waals surface area (Å²) in [5.74, 6) is 2.19. The highest BCUT2D eigenvalue weighted by Gasteiger charge is 2.12. The summed E-state index contributed by atoms with van der Waals surface area (Å²) in [5.41, 5.74) is 0. The van der Waals surface area contributed by atoms with Gasteiger partial charge in [-0.25, -0.2) is 0 Å². The van der Waals surface area contributed by atoms with E-state index < -0.39 is 0 Å². The van der Waals surface area contributed by atoms with E-state index >= 15 is 0 Å². The topological polar surface area (TPSA) is 24.9 Å². The molecule has 1 saturated heterocycles. The van der Waals surface area contributed by atoms with Gasteiger partial charge in [0.15, 0.2) is 0 Å². The molecular formula is C12H18N2S. The van der Waals surface area contributed by atoms with Crippen LogP contribution in [0.4, 0.5) is 0 Å². The van der Waals surface area contributed by atoms with E-state index in [0.717, 1.165) is 5.92 Å². The third kappa shape index (κ3) is 3.84. The zero-order chi connectivity index (χ0) is 10.3. The van der Waals surface area contributed by atoms with Gasteiger partial charge in [-0.05, 0) is 56.2 Å². The third-order valence-corrected chi connectivity index (χ3v) is 3.95. The SMILES string of the molecule is c1cc(SCCC2CCNCC2)ccn1. The minimum absolute atomic E-state index is 0.945. The molecular weight excluding hydrogens is 204 g/mol. The summed E-state index contributed by atoms with van der Waals surface area (Å²) in [6.07, 6.45) is 7.81. The van der Waals surface area contributed by atoms with Crippen LogP contribution >= 0.6 is 11.8 Å². The van der Waals surface area contributed by atoms with Crippen molar-refractivity contribution in [3.05, 3.63) is 24.5 Å². The quantitative estimate of drug-likeness (QED) is 0.793. The van der Waals surface area contributed by atoms with Gasteiger partial charge in [-0.1, -0.05) is 0 Å². The molecule has 82 valence electrons. The Labute approximate surface area is 95.9 Å². The van der Waals surface area contributed by atoms with Crippen LogP contribution in [0.1, 0.15) is 19.3 Å². The van der Waals surface area contributed by atoms with Gasteiger partial charge in [0.25, 0.3) is 0 Å². The van der Waals surface area contributed by atoms with E-state index in [1.165, 1.54) is 43.0 Å². The molecule has 2 rings (SSSR count). The Hall–Kier alpha value is -0.540. The zero-order valence-electron chi connectivity index (χ0n) is 8.98. The molecule has 0 saturated carbocycles. The van der Waals surface area contributed by atoms with E-state index in [-0.39, 0.29) is 0 Å². The molecule has 3 heteroatoms. The van der Waals surface area contributed by atoms with Crippen molar-refractivity contribution in [2.45, 2.75) is 24.2 Å². The summed E-state index contributed by atoms with van der Waals surface area (Å²) in [5, 5.41) is 3.41. The van der Waals surface area contributed by atoms with Gasteiger partial charge in [0, 0.05) is 17.3 Å². The molecule has 1 aromatic heterocycles. The molecule has 0 aromatic carbocycles. The van der Waals surface area contributed by atoms with Gasteiger partial charge in [-0.2, -0.15) is 0 Å². The molecule has 1 aliphatic heterocycles. The molecule has 0 unspecified atom stereocenters. The van der Waals surface area contributed by atoms with Crippen molar-refractivity contribution in [3.8, 4) is 0 Å². The molecule has 0 atom stereocenters. The summed E-state index contributed by atoms with van der Waals surface area (Å²) >= 11 is 1.95. The first-order valence-electron chi connectivity index (χ1n) is 5.69. The van der Waals surface area contributed by atoms with Crippen LogP contribution in [-0.2, 0) is 0 Å². The van der Waals surface area contributed by atoms with E-state index in [1.807, 2.05) is 24.2 Å². The van der Waals surface area contributed by atoms with Crippen molar-refractivity contribution in [1.82, 2.24) is 10.3 Å². The molecule has 0 aliphatic carbocycles.